The minimum Gasteiger partial charge on any atom is -0.482 e. The lowest BCUT2D eigenvalue weighted by Crippen LogP contribution is -2.51. The van der Waals surface area contributed by atoms with E-state index >= 15 is 0 Å². The predicted molar refractivity (Wildman–Crippen MR) is 111 cm³/mol. The number of hydrogen-bond acceptors (Lipinski definition) is 6. The third kappa shape index (κ3) is 3.98. The van der Waals surface area contributed by atoms with Crippen LogP contribution in [-0.4, -0.2) is 68.7 Å². The van der Waals surface area contributed by atoms with Crippen molar-refractivity contribution in [3.05, 3.63) is 54.1 Å². The number of nitrogens with zero attached hydrogens (tertiary/aromatic N) is 3. The lowest BCUT2D eigenvalue weighted by Gasteiger charge is -2.33. The molecule has 9 nitrogen and oxygen atoms in total. The Morgan fingerprint density at radius 1 is 1.00 bits per heavy atom. The molecule has 0 N–H and O–H groups in total. The molecule has 2 aliphatic rings. The molecule has 0 atom stereocenters. The van der Waals surface area contributed by atoms with Gasteiger partial charge >= 0.3 is 0 Å². The van der Waals surface area contributed by atoms with Gasteiger partial charge in [-0.3, -0.25) is 19.3 Å². The Morgan fingerprint density at radius 2 is 1.68 bits per heavy atom. The van der Waals surface area contributed by atoms with Crippen LogP contribution in [0, 0.1) is 0 Å². The van der Waals surface area contributed by atoms with Gasteiger partial charge in [0.25, 0.3) is 17.7 Å². The van der Waals surface area contributed by atoms with E-state index in [1.165, 1.54) is 27.1 Å². The molecule has 0 aromatic heterocycles. The maximum atomic E-state index is 13.2. The molecular weight excluding hydrogens is 422 g/mol. The Hall–Kier alpha value is -3.40. The lowest BCUT2D eigenvalue weighted by molar-refractivity contribution is -0.140. The molecule has 162 valence electrons. The lowest BCUT2D eigenvalue weighted by atomic mass is 10.2. The number of hydrazine groups is 1. The van der Waals surface area contributed by atoms with Gasteiger partial charge in [0, 0.05) is 19.3 Å². The number of ether oxygens (including phenoxy) is 1. The summed E-state index contributed by atoms with van der Waals surface area (Å²) in [6, 6.07) is 12.8. The number of benzene rings is 2. The summed E-state index contributed by atoms with van der Waals surface area (Å²) >= 11 is 0. The van der Waals surface area contributed by atoms with Gasteiger partial charge in [-0.2, -0.15) is 0 Å². The van der Waals surface area contributed by atoms with Crippen LogP contribution in [0.2, 0.25) is 0 Å². The minimum atomic E-state index is -3.63. The van der Waals surface area contributed by atoms with Crippen molar-refractivity contribution < 1.29 is 27.5 Å². The maximum Gasteiger partial charge on any atom is 0.273 e. The number of anilines is 1. The van der Waals surface area contributed by atoms with Gasteiger partial charge in [0.05, 0.1) is 16.1 Å². The molecule has 3 amide bonds. The molecule has 2 aromatic rings. The number of para-hydroxylation sites is 2. The summed E-state index contributed by atoms with van der Waals surface area (Å²) in [7, 11) is -3.63. The highest BCUT2D eigenvalue weighted by Gasteiger charge is 2.36. The zero-order chi connectivity index (χ0) is 22.2. The van der Waals surface area contributed by atoms with Crippen LogP contribution in [0.3, 0.4) is 0 Å². The van der Waals surface area contributed by atoms with Crippen molar-refractivity contribution in [2.24, 2.45) is 0 Å². The minimum absolute atomic E-state index is 0.0116. The van der Waals surface area contributed by atoms with Gasteiger partial charge in [0.2, 0.25) is 0 Å². The fourth-order valence-electron chi connectivity index (χ4n) is 3.73. The van der Waals surface area contributed by atoms with Crippen molar-refractivity contribution in [2.75, 3.05) is 37.4 Å². The molecule has 4 rings (SSSR count). The standard InChI is InChI=1S/C21H21N3O6S/c1-31(28,29)18-10-5-2-7-15(18)21(27)24-12-6-11-23(24)19(25)13-22-16-8-3-4-9-17(16)30-14-20(22)26/h2-5,7-10H,6,11-14H2,1H3. The van der Waals surface area contributed by atoms with Crippen LogP contribution in [0.4, 0.5) is 5.69 Å². The number of fused-ring (bicyclic) bond motifs is 1. The molecule has 0 aliphatic carbocycles. The predicted octanol–water partition coefficient (Wildman–Crippen LogP) is 1.11. The van der Waals surface area contributed by atoms with Gasteiger partial charge in [0.1, 0.15) is 12.3 Å². The molecule has 2 aliphatic heterocycles. The van der Waals surface area contributed by atoms with Crippen LogP contribution in [0.5, 0.6) is 5.75 Å². The van der Waals surface area contributed by atoms with Crippen LogP contribution in [-0.2, 0) is 19.4 Å². The van der Waals surface area contributed by atoms with Gasteiger partial charge in [-0.05, 0) is 30.7 Å². The summed E-state index contributed by atoms with van der Waals surface area (Å²) in [6.07, 6.45) is 1.58. The highest BCUT2D eigenvalue weighted by molar-refractivity contribution is 7.90. The van der Waals surface area contributed by atoms with Crippen molar-refractivity contribution >= 4 is 33.2 Å². The summed E-state index contributed by atoms with van der Waals surface area (Å²) in [4.78, 5) is 39.9. The molecule has 1 fully saturated rings. The molecule has 0 unspecified atom stereocenters. The van der Waals surface area contributed by atoms with Crippen LogP contribution in [0.15, 0.2) is 53.4 Å². The van der Waals surface area contributed by atoms with Gasteiger partial charge in [-0.15, -0.1) is 0 Å². The first-order valence-electron chi connectivity index (χ1n) is 9.71. The second-order valence-electron chi connectivity index (χ2n) is 7.30. The fraction of sp³-hybridized carbons (Fsp3) is 0.286. The summed E-state index contributed by atoms with van der Waals surface area (Å²) in [5, 5.41) is 2.54. The largest absolute Gasteiger partial charge is 0.482 e. The van der Waals surface area contributed by atoms with Crippen molar-refractivity contribution in [3.8, 4) is 5.75 Å². The molecule has 0 bridgehead atoms. The molecule has 2 aromatic carbocycles. The molecule has 0 spiro atoms. The van der Waals surface area contributed by atoms with Crippen LogP contribution < -0.4 is 9.64 Å². The highest BCUT2D eigenvalue weighted by atomic mass is 32.2. The third-order valence-electron chi connectivity index (χ3n) is 5.17. The van der Waals surface area contributed by atoms with E-state index < -0.39 is 21.7 Å². The van der Waals surface area contributed by atoms with E-state index in [1.807, 2.05) is 0 Å². The summed E-state index contributed by atoms with van der Waals surface area (Å²) in [5.41, 5.74) is 0.504. The Kier molecular flexibility index (Phi) is 5.40. The number of carbonyl (C=O) groups is 3. The zero-order valence-corrected chi connectivity index (χ0v) is 17.7. The van der Waals surface area contributed by atoms with E-state index in [9.17, 15) is 22.8 Å². The van der Waals surface area contributed by atoms with Gasteiger partial charge in [-0.1, -0.05) is 24.3 Å². The molecule has 0 saturated carbocycles. The summed E-state index contributed by atoms with van der Waals surface area (Å²) in [6.45, 7) is 0.146. The number of hydrogen-bond donors (Lipinski definition) is 0. The molecule has 10 heteroatoms. The smallest absolute Gasteiger partial charge is 0.273 e. The van der Waals surface area contributed by atoms with Crippen LogP contribution in [0.25, 0.3) is 0 Å². The first-order valence-corrected chi connectivity index (χ1v) is 11.6. The van der Waals surface area contributed by atoms with Crippen molar-refractivity contribution in [3.63, 3.8) is 0 Å². The van der Waals surface area contributed by atoms with E-state index in [2.05, 4.69) is 0 Å². The van der Waals surface area contributed by atoms with E-state index in [4.69, 9.17) is 4.74 Å². The Balaban J connectivity index is 1.58. The number of carbonyl (C=O) groups excluding carboxylic acids is 3. The first-order chi connectivity index (χ1) is 14.8. The van der Waals surface area contributed by atoms with Gasteiger partial charge in [-0.25, -0.2) is 18.4 Å². The highest BCUT2D eigenvalue weighted by Crippen LogP contribution is 2.31. The van der Waals surface area contributed by atoms with Crippen LogP contribution >= 0.6 is 0 Å². The normalized spacial score (nSPS) is 16.2. The molecule has 2 heterocycles. The summed E-state index contributed by atoms with van der Waals surface area (Å²) in [5.74, 6) is -0.855. The maximum absolute atomic E-state index is 13.2. The molecule has 31 heavy (non-hydrogen) atoms. The molecular formula is C21H21N3O6S. The topological polar surface area (TPSA) is 104 Å². The van der Waals surface area contributed by atoms with Crippen molar-refractivity contribution in [1.29, 1.82) is 0 Å². The first kappa shape index (κ1) is 20.9. The Labute approximate surface area is 179 Å². The second-order valence-corrected chi connectivity index (χ2v) is 9.29. The van der Waals surface area contributed by atoms with Gasteiger partial charge in [0.15, 0.2) is 16.4 Å². The van der Waals surface area contributed by atoms with E-state index in [0.29, 0.717) is 24.4 Å². The Morgan fingerprint density at radius 3 is 2.45 bits per heavy atom. The van der Waals surface area contributed by atoms with Crippen LogP contribution in [0.1, 0.15) is 16.8 Å². The van der Waals surface area contributed by atoms with Gasteiger partial charge < -0.3 is 4.74 Å². The van der Waals surface area contributed by atoms with Crippen molar-refractivity contribution in [1.82, 2.24) is 10.0 Å². The number of sulfone groups is 1. The second kappa shape index (κ2) is 8.03. The molecule has 1 saturated heterocycles. The van der Waals surface area contributed by atoms with E-state index in [0.717, 1.165) is 6.26 Å². The Bertz CT molecular complexity index is 1160. The quantitative estimate of drug-likeness (QED) is 0.701. The monoisotopic (exact) mass is 443 g/mol. The molecule has 0 radical (unpaired) electrons. The van der Waals surface area contributed by atoms with E-state index in [-0.39, 0.29) is 36.1 Å². The van der Waals surface area contributed by atoms with Crippen molar-refractivity contribution in [2.45, 2.75) is 11.3 Å². The SMILES string of the molecule is CS(=O)(=O)c1ccccc1C(=O)N1CCCN1C(=O)CN1C(=O)COc2ccccc21. The zero-order valence-electron chi connectivity index (χ0n) is 16.9. The fourth-order valence-corrected chi connectivity index (χ4v) is 4.61. The number of rotatable bonds is 4. The third-order valence-corrected chi connectivity index (χ3v) is 6.33. The number of amides is 3. The van der Waals surface area contributed by atoms with E-state index in [1.54, 1.807) is 36.4 Å². The average Bonchev–Trinajstić information content (AvgIpc) is 3.24. The average molecular weight is 443 g/mol. The summed E-state index contributed by atoms with van der Waals surface area (Å²) < 4.78 is 29.6.